The Kier molecular flexibility index (Phi) is 7.23. The summed E-state index contributed by atoms with van der Waals surface area (Å²) in [6.45, 7) is 10.7. The normalized spacial score (nSPS) is 10.8. The number of rotatable bonds is 8. The molecule has 0 saturated carbocycles. The maximum absolute atomic E-state index is 13.0. The van der Waals surface area contributed by atoms with Crippen LogP contribution in [0.1, 0.15) is 47.6 Å². The van der Waals surface area contributed by atoms with Crippen molar-refractivity contribution in [2.45, 2.75) is 41.0 Å². The highest BCUT2D eigenvalue weighted by atomic mass is 35.5. The third kappa shape index (κ3) is 5.02. The van der Waals surface area contributed by atoms with Crippen LogP contribution in [0.5, 0.6) is 11.5 Å². The number of anilines is 1. The molecule has 1 amide bonds. The van der Waals surface area contributed by atoms with E-state index in [-0.39, 0.29) is 5.91 Å². The van der Waals surface area contributed by atoms with Crippen LogP contribution in [-0.4, -0.2) is 28.9 Å². The summed E-state index contributed by atoms with van der Waals surface area (Å²) in [5, 5.41) is 7.92. The van der Waals surface area contributed by atoms with Gasteiger partial charge in [0.2, 0.25) is 0 Å². The standard InChI is InChI=1S/C24H28ClN3O3/c1-6-12-31-23-20(25)13-18(14-21(23)30-7-2)24(29)26-22-16(4)27-28(17(22)5)19-10-8-15(3)9-11-19/h8-11,13-14H,6-7,12H2,1-5H3,(H,26,29). The largest absolute Gasteiger partial charge is 0.490 e. The van der Waals surface area contributed by atoms with Crippen molar-refractivity contribution in [3.05, 3.63) is 63.9 Å². The molecule has 0 spiro atoms. The van der Waals surface area contributed by atoms with Crippen molar-refractivity contribution in [1.82, 2.24) is 9.78 Å². The van der Waals surface area contributed by atoms with Gasteiger partial charge in [-0.3, -0.25) is 4.79 Å². The molecule has 1 N–H and O–H groups in total. The Labute approximate surface area is 188 Å². The van der Waals surface area contributed by atoms with Crippen molar-refractivity contribution in [3.8, 4) is 17.2 Å². The molecule has 0 aliphatic carbocycles. The summed E-state index contributed by atoms with van der Waals surface area (Å²) in [5.41, 5.74) is 4.74. The number of amides is 1. The number of nitrogens with one attached hydrogen (secondary N) is 1. The van der Waals surface area contributed by atoms with Gasteiger partial charge in [-0.2, -0.15) is 5.10 Å². The SMILES string of the molecule is CCCOc1c(Cl)cc(C(=O)Nc2c(C)nn(-c3ccc(C)cc3)c2C)cc1OCC. The topological polar surface area (TPSA) is 65.4 Å². The molecule has 0 fully saturated rings. The molecule has 7 heteroatoms. The minimum Gasteiger partial charge on any atom is -0.490 e. The molecular formula is C24H28ClN3O3. The Bertz CT molecular complexity index is 1070. The number of aromatic nitrogens is 2. The van der Waals surface area contributed by atoms with Crippen molar-refractivity contribution in [2.75, 3.05) is 18.5 Å². The smallest absolute Gasteiger partial charge is 0.255 e. The highest BCUT2D eigenvalue weighted by Gasteiger charge is 2.20. The fourth-order valence-corrected chi connectivity index (χ4v) is 3.52. The molecule has 6 nitrogen and oxygen atoms in total. The van der Waals surface area contributed by atoms with E-state index in [9.17, 15) is 4.79 Å². The molecule has 3 rings (SSSR count). The lowest BCUT2D eigenvalue weighted by Crippen LogP contribution is -2.14. The first-order chi connectivity index (χ1) is 14.8. The van der Waals surface area contributed by atoms with E-state index in [4.69, 9.17) is 21.1 Å². The maximum atomic E-state index is 13.0. The van der Waals surface area contributed by atoms with E-state index in [2.05, 4.69) is 10.4 Å². The molecule has 0 atom stereocenters. The number of hydrogen-bond donors (Lipinski definition) is 1. The van der Waals surface area contributed by atoms with E-state index >= 15 is 0 Å². The van der Waals surface area contributed by atoms with Crippen LogP contribution in [0.25, 0.3) is 5.69 Å². The molecule has 164 valence electrons. The summed E-state index contributed by atoms with van der Waals surface area (Å²) < 4.78 is 13.2. The predicted molar refractivity (Wildman–Crippen MR) is 124 cm³/mol. The first kappa shape index (κ1) is 22.7. The molecule has 31 heavy (non-hydrogen) atoms. The zero-order valence-electron chi connectivity index (χ0n) is 18.6. The number of carbonyl (C=O) groups excluding carboxylic acids is 1. The molecule has 0 unspecified atom stereocenters. The average Bonchev–Trinajstić information content (AvgIpc) is 3.02. The molecular weight excluding hydrogens is 414 g/mol. The van der Waals surface area contributed by atoms with Gasteiger partial charge in [-0.15, -0.1) is 0 Å². The van der Waals surface area contributed by atoms with Crippen LogP contribution in [-0.2, 0) is 0 Å². The number of halogens is 1. The summed E-state index contributed by atoms with van der Waals surface area (Å²) in [7, 11) is 0. The summed E-state index contributed by atoms with van der Waals surface area (Å²) >= 11 is 6.41. The summed E-state index contributed by atoms with van der Waals surface area (Å²) in [5.74, 6) is 0.624. The molecule has 1 heterocycles. The molecule has 0 saturated heterocycles. The van der Waals surface area contributed by atoms with Crippen LogP contribution in [0.15, 0.2) is 36.4 Å². The number of ether oxygens (including phenoxy) is 2. The van der Waals surface area contributed by atoms with Crippen molar-refractivity contribution >= 4 is 23.2 Å². The number of hydrogen-bond acceptors (Lipinski definition) is 4. The third-order valence-electron chi connectivity index (χ3n) is 4.83. The van der Waals surface area contributed by atoms with Gasteiger partial charge in [0.05, 0.1) is 41.0 Å². The summed E-state index contributed by atoms with van der Waals surface area (Å²) in [6, 6.07) is 11.3. The monoisotopic (exact) mass is 441 g/mol. The number of nitrogens with zero attached hydrogens (tertiary/aromatic N) is 2. The summed E-state index contributed by atoms with van der Waals surface area (Å²) in [6.07, 6.45) is 0.841. The van der Waals surface area contributed by atoms with Crippen LogP contribution < -0.4 is 14.8 Å². The molecule has 2 aromatic carbocycles. The first-order valence-electron chi connectivity index (χ1n) is 10.4. The van der Waals surface area contributed by atoms with Crippen LogP contribution >= 0.6 is 11.6 Å². The lowest BCUT2D eigenvalue weighted by atomic mass is 10.1. The second-order valence-corrected chi connectivity index (χ2v) is 7.72. The number of aryl methyl sites for hydroxylation is 2. The number of carbonyl (C=O) groups is 1. The molecule has 0 bridgehead atoms. The molecule has 0 aliphatic heterocycles. The van der Waals surface area contributed by atoms with E-state index in [0.29, 0.717) is 41.0 Å². The van der Waals surface area contributed by atoms with Crippen LogP contribution in [0.3, 0.4) is 0 Å². The Hall–Kier alpha value is -2.99. The Morgan fingerprint density at radius 1 is 1.10 bits per heavy atom. The van der Waals surface area contributed by atoms with Gasteiger partial charge in [0.15, 0.2) is 11.5 Å². The highest BCUT2D eigenvalue weighted by molar-refractivity contribution is 6.32. The van der Waals surface area contributed by atoms with Crippen molar-refractivity contribution in [2.24, 2.45) is 0 Å². The quantitative estimate of drug-likeness (QED) is 0.473. The Balaban J connectivity index is 1.90. The second kappa shape index (κ2) is 9.88. The fraction of sp³-hybridized carbons (Fsp3) is 0.333. The van der Waals surface area contributed by atoms with Crippen molar-refractivity contribution in [1.29, 1.82) is 0 Å². The highest BCUT2D eigenvalue weighted by Crippen LogP contribution is 2.37. The van der Waals surface area contributed by atoms with E-state index < -0.39 is 0 Å². The van der Waals surface area contributed by atoms with Gasteiger partial charge in [0.1, 0.15) is 0 Å². The van der Waals surface area contributed by atoms with Crippen molar-refractivity contribution in [3.63, 3.8) is 0 Å². The maximum Gasteiger partial charge on any atom is 0.255 e. The minimum absolute atomic E-state index is 0.292. The van der Waals surface area contributed by atoms with Gasteiger partial charge in [-0.1, -0.05) is 36.2 Å². The fourth-order valence-electron chi connectivity index (χ4n) is 3.25. The van der Waals surface area contributed by atoms with Crippen molar-refractivity contribution < 1.29 is 14.3 Å². The Morgan fingerprint density at radius 2 is 1.81 bits per heavy atom. The van der Waals surface area contributed by atoms with Gasteiger partial charge < -0.3 is 14.8 Å². The van der Waals surface area contributed by atoms with E-state index in [1.165, 1.54) is 5.56 Å². The first-order valence-corrected chi connectivity index (χ1v) is 10.8. The van der Waals surface area contributed by atoms with Crippen LogP contribution in [0, 0.1) is 20.8 Å². The number of benzene rings is 2. The molecule has 0 aliphatic rings. The van der Waals surface area contributed by atoms with Gasteiger partial charge in [-0.25, -0.2) is 4.68 Å². The van der Waals surface area contributed by atoms with Gasteiger partial charge in [0, 0.05) is 5.56 Å². The van der Waals surface area contributed by atoms with Gasteiger partial charge in [0.25, 0.3) is 5.91 Å². The third-order valence-corrected chi connectivity index (χ3v) is 5.11. The molecule has 1 aromatic heterocycles. The minimum atomic E-state index is -0.292. The second-order valence-electron chi connectivity index (χ2n) is 7.31. The van der Waals surface area contributed by atoms with Crippen LogP contribution in [0.2, 0.25) is 5.02 Å². The van der Waals surface area contributed by atoms with Crippen LogP contribution in [0.4, 0.5) is 5.69 Å². The van der Waals surface area contributed by atoms with E-state index in [0.717, 1.165) is 23.5 Å². The van der Waals surface area contributed by atoms with E-state index in [1.54, 1.807) is 12.1 Å². The summed E-state index contributed by atoms with van der Waals surface area (Å²) in [4.78, 5) is 13.0. The zero-order chi connectivity index (χ0) is 22.5. The molecule has 0 radical (unpaired) electrons. The average molecular weight is 442 g/mol. The Morgan fingerprint density at radius 3 is 2.45 bits per heavy atom. The zero-order valence-corrected chi connectivity index (χ0v) is 19.3. The predicted octanol–water partition coefficient (Wildman–Crippen LogP) is 5.89. The lowest BCUT2D eigenvalue weighted by Gasteiger charge is -2.15. The lowest BCUT2D eigenvalue weighted by molar-refractivity contribution is 0.102. The van der Waals surface area contributed by atoms with Gasteiger partial charge in [-0.05, 0) is 58.4 Å². The molecule has 3 aromatic rings. The van der Waals surface area contributed by atoms with E-state index in [1.807, 2.05) is 63.6 Å². The van der Waals surface area contributed by atoms with Gasteiger partial charge >= 0.3 is 0 Å².